The summed E-state index contributed by atoms with van der Waals surface area (Å²) in [7, 11) is 0. The summed E-state index contributed by atoms with van der Waals surface area (Å²) in [6, 6.07) is 1.25. The molecule has 1 amide bonds. The summed E-state index contributed by atoms with van der Waals surface area (Å²) in [5.41, 5.74) is 0. The SMILES string of the molecule is C[C@@H]1CCC[C@H](C)N1CCNC(=O)CCO. The molecule has 0 aromatic heterocycles. The Hall–Kier alpha value is -0.610. The third kappa shape index (κ3) is 4.10. The number of rotatable bonds is 5. The van der Waals surface area contributed by atoms with Crippen molar-refractivity contribution >= 4 is 5.91 Å². The molecule has 1 aliphatic rings. The van der Waals surface area contributed by atoms with Gasteiger partial charge in [-0.15, -0.1) is 0 Å². The van der Waals surface area contributed by atoms with E-state index in [-0.39, 0.29) is 18.9 Å². The van der Waals surface area contributed by atoms with Crippen LogP contribution < -0.4 is 5.32 Å². The van der Waals surface area contributed by atoms with Gasteiger partial charge in [-0.25, -0.2) is 0 Å². The number of hydrogen-bond acceptors (Lipinski definition) is 3. The standard InChI is InChI=1S/C12H24N2O2/c1-10-4-3-5-11(2)14(10)8-7-13-12(16)6-9-15/h10-11,15H,3-9H2,1-2H3,(H,13,16)/t10-,11+. The number of carbonyl (C=O) groups is 1. The van der Waals surface area contributed by atoms with Crippen LogP contribution in [0.25, 0.3) is 0 Å². The fraction of sp³-hybridized carbons (Fsp3) is 0.917. The highest BCUT2D eigenvalue weighted by Crippen LogP contribution is 2.21. The largest absolute Gasteiger partial charge is 0.396 e. The molecule has 2 atom stereocenters. The van der Waals surface area contributed by atoms with Crippen molar-refractivity contribution in [3.05, 3.63) is 0 Å². The summed E-state index contributed by atoms with van der Waals surface area (Å²) in [5.74, 6) is -0.0557. The van der Waals surface area contributed by atoms with Crippen LogP contribution >= 0.6 is 0 Å². The van der Waals surface area contributed by atoms with E-state index in [1.807, 2.05) is 0 Å². The first-order chi connectivity index (χ1) is 7.65. The zero-order valence-corrected chi connectivity index (χ0v) is 10.4. The molecule has 0 spiro atoms. The van der Waals surface area contributed by atoms with Gasteiger partial charge in [-0.2, -0.15) is 0 Å². The lowest BCUT2D eigenvalue weighted by Crippen LogP contribution is -2.47. The van der Waals surface area contributed by atoms with E-state index in [0.717, 1.165) is 6.54 Å². The molecule has 1 rings (SSSR count). The Kier molecular flexibility index (Phi) is 5.77. The van der Waals surface area contributed by atoms with Crippen molar-refractivity contribution in [3.8, 4) is 0 Å². The fourth-order valence-corrected chi connectivity index (χ4v) is 2.43. The summed E-state index contributed by atoms with van der Waals surface area (Å²) in [5, 5.41) is 11.4. The topological polar surface area (TPSA) is 52.6 Å². The molecule has 1 heterocycles. The summed E-state index contributed by atoms with van der Waals surface area (Å²) >= 11 is 0. The van der Waals surface area contributed by atoms with Crippen molar-refractivity contribution < 1.29 is 9.90 Å². The highest BCUT2D eigenvalue weighted by atomic mass is 16.3. The Morgan fingerprint density at radius 3 is 2.56 bits per heavy atom. The van der Waals surface area contributed by atoms with Crippen molar-refractivity contribution in [2.24, 2.45) is 0 Å². The molecule has 1 aliphatic heterocycles. The molecule has 0 aromatic rings. The molecule has 1 saturated heterocycles. The van der Waals surface area contributed by atoms with Gasteiger partial charge >= 0.3 is 0 Å². The minimum absolute atomic E-state index is 0.0557. The zero-order valence-electron chi connectivity index (χ0n) is 10.4. The quantitative estimate of drug-likeness (QED) is 0.730. The van der Waals surface area contributed by atoms with Crippen LogP contribution in [0, 0.1) is 0 Å². The van der Waals surface area contributed by atoms with E-state index in [1.165, 1.54) is 19.3 Å². The molecule has 0 aromatic carbocycles. The number of aliphatic hydroxyl groups excluding tert-OH is 1. The maximum atomic E-state index is 11.2. The normalized spacial score (nSPS) is 26.7. The summed E-state index contributed by atoms with van der Waals surface area (Å²) < 4.78 is 0. The number of amides is 1. The van der Waals surface area contributed by atoms with Crippen molar-refractivity contribution in [3.63, 3.8) is 0 Å². The Morgan fingerprint density at radius 2 is 2.00 bits per heavy atom. The van der Waals surface area contributed by atoms with Gasteiger partial charge in [0.25, 0.3) is 0 Å². The van der Waals surface area contributed by atoms with E-state index >= 15 is 0 Å². The number of piperidine rings is 1. The minimum atomic E-state index is -0.0671. The van der Waals surface area contributed by atoms with Crippen LogP contribution in [0.4, 0.5) is 0 Å². The van der Waals surface area contributed by atoms with E-state index in [4.69, 9.17) is 5.11 Å². The lowest BCUT2D eigenvalue weighted by atomic mass is 9.98. The molecule has 0 saturated carbocycles. The van der Waals surface area contributed by atoms with Crippen LogP contribution in [-0.4, -0.2) is 47.7 Å². The highest BCUT2D eigenvalue weighted by molar-refractivity contribution is 5.75. The van der Waals surface area contributed by atoms with Gasteiger partial charge in [0.2, 0.25) is 5.91 Å². The van der Waals surface area contributed by atoms with Gasteiger partial charge < -0.3 is 10.4 Å². The second-order valence-corrected chi connectivity index (χ2v) is 4.69. The van der Waals surface area contributed by atoms with Crippen molar-refractivity contribution in [1.29, 1.82) is 0 Å². The number of hydrogen-bond donors (Lipinski definition) is 2. The second kappa shape index (κ2) is 6.86. The number of likely N-dealkylation sites (tertiary alicyclic amines) is 1. The van der Waals surface area contributed by atoms with Crippen LogP contribution in [0.3, 0.4) is 0 Å². The molecule has 2 N–H and O–H groups in total. The average molecular weight is 228 g/mol. The van der Waals surface area contributed by atoms with Crippen molar-refractivity contribution in [2.75, 3.05) is 19.7 Å². The van der Waals surface area contributed by atoms with Crippen LogP contribution in [0.5, 0.6) is 0 Å². The average Bonchev–Trinajstić information content (AvgIpc) is 2.23. The molecule has 0 bridgehead atoms. The molecule has 16 heavy (non-hydrogen) atoms. The van der Waals surface area contributed by atoms with Gasteiger partial charge in [0.15, 0.2) is 0 Å². The summed E-state index contributed by atoms with van der Waals surface area (Å²) in [6.45, 7) is 6.05. The lowest BCUT2D eigenvalue weighted by molar-refractivity contribution is -0.121. The number of carbonyl (C=O) groups excluding carboxylic acids is 1. The maximum absolute atomic E-state index is 11.2. The molecule has 4 nitrogen and oxygen atoms in total. The Bertz CT molecular complexity index is 211. The third-order valence-corrected chi connectivity index (χ3v) is 3.41. The van der Waals surface area contributed by atoms with Crippen LogP contribution in [0.15, 0.2) is 0 Å². The lowest BCUT2D eigenvalue weighted by Gasteiger charge is -2.39. The first-order valence-corrected chi connectivity index (χ1v) is 6.28. The van der Waals surface area contributed by atoms with Gasteiger partial charge in [-0.3, -0.25) is 9.69 Å². The van der Waals surface area contributed by atoms with E-state index in [0.29, 0.717) is 18.6 Å². The zero-order chi connectivity index (χ0) is 12.0. The predicted octanol–water partition coefficient (Wildman–Crippen LogP) is 0.748. The monoisotopic (exact) mass is 228 g/mol. The molecule has 4 heteroatoms. The molecule has 1 fully saturated rings. The van der Waals surface area contributed by atoms with Gasteiger partial charge in [0, 0.05) is 31.6 Å². The molecule has 0 unspecified atom stereocenters. The fourth-order valence-electron chi connectivity index (χ4n) is 2.43. The van der Waals surface area contributed by atoms with E-state index in [2.05, 4.69) is 24.1 Å². The van der Waals surface area contributed by atoms with E-state index in [1.54, 1.807) is 0 Å². The van der Waals surface area contributed by atoms with Gasteiger partial charge in [-0.05, 0) is 26.7 Å². The minimum Gasteiger partial charge on any atom is -0.396 e. The molecular formula is C12H24N2O2. The number of nitrogens with zero attached hydrogens (tertiary/aromatic N) is 1. The van der Waals surface area contributed by atoms with Gasteiger partial charge in [0.05, 0.1) is 6.61 Å². The first-order valence-electron chi connectivity index (χ1n) is 6.28. The molecule has 0 aliphatic carbocycles. The van der Waals surface area contributed by atoms with Crippen LogP contribution in [0.1, 0.15) is 39.5 Å². The van der Waals surface area contributed by atoms with Crippen LogP contribution in [0.2, 0.25) is 0 Å². The third-order valence-electron chi connectivity index (χ3n) is 3.41. The van der Waals surface area contributed by atoms with Crippen molar-refractivity contribution in [1.82, 2.24) is 10.2 Å². The molecule has 0 radical (unpaired) electrons. The van der Waals surface area contributed by atoms with Crippen molar-refractivity contribution in [2.45, 2.75) is 51.6 Å². The molecule has 94 valence electrons. The smallest absolute Gasteiger partial charge is 0.222 e. The van der Waals surface area contributed by atoms with Gasteiger partial charge in [-0.1, -0.05) is 6.42 Å². The second-order valence-electron chi connectivity index (χ2n) is 4.69. The summed E-state index contributed by atoms with van der Waals surface area (Å²) in [6.07, 6.45) is 4.05. The predicted molar refractivity (Wildman–Crippen MR) is 64.2 cm³/mol. The Labute approximate surface area is 98.0 Å². The molecular weight excluding hydrogens is 204 g/mol. The maximum Gasteiger partial charge on any atom is 0.222 e. The Balaban J connectivity index is 2.22. The Morgan fingerprint density at radius 1 is 1.38 bits per heavy atom. The van der Waals surface area contributed by atoms with Gasteiger partial charge in [0.1, 0.15) is 0 Å². The van der Waals surface area contributed by atoms with E-state index < -0.39 is 0 Å². The first kappa shape index (κ1) is 13.5. The highest BCUT2D eigenvalue weighted by Gasteiger charge is 2.23. The number of aliphatic hydroxyl groups is 1. The summed E-state index contributed by atoms with van der Waals surface area (Å²) in [4.78, 5) is 13.6. The number of nitrogens with one attached hydrogen (secondary N) is 1. The van der Waals surface area contributed by atoms with Crippen LogP contribution in [-0.2, 0) is 4.79 Å². The van der Waals surface area contributed by atoms with E-state index in [9.17, 15) is 4.79 Å².